The molecule has 1 heterocycles. The SMILES string of the molecule is O=C(O)c1ccc2c(c1)nnn2CCc1ccc(OI)cc1. The Kier molecular flexibility index (Phi) is 4.23. The largest absolute Gasteiger partial charge is 0.478 e. The Balaban J connectivity index is 1.77. The predicted octanol–water partition coefficient (Wildman–Crippen LogP) is 3.10. The van der Waals surface area contributed by atoms with Crippen molar-refractivity contribution in [3.05, 3.63) is 53.6 Å². The summed E-state index contributed by atoms with van der Waals surface area (Å²) in [4.78, 5) is 10.9. The zero-order chi connectivity index (χ0) is 15.5. The van der Waals surface area contributed by atoms with Gasteiger partial charge in [0.05, 0.1) is 11.1 Å². The molecule has 1 N–H and O–H groups in total. The molecule has 1 aromatic heterocycles. The van der Waals surface area contributed by atoms with E-state index in [0.29, 0.717) is 12.1 Å². The Bertz CT molecular complexity index is 815. The minimum absolute atomic E-state index is 0.217. The fraction of sp³-hybridized carbons (Fsp3) is 0.133. The minimum atomic E-state index is -0.964. The first kappa shape index (κ1) is 14.8. The van der Waals surface area contributed by atoms with Crippen LogP contribution < -0.4 is 3.07 Å². The molecule has 3 aromatic rings. The summed E-state index contributed by atoms with van der Waals surface area (Å²) in [5.74, 6) is -0.147. The highest BCUT2D eigenvalue weighted by Crippen LogP contribution is 2.17. The number of halogens is 1. The smallest absolute Gasteiger partial charge is 0.335 e. The highest BCUT2D eigenvalue weighted by atomic mass is 127. The van der Waals surface area contributed by atoms with E-state index in [1.807, 2.05) is 47.3 Å². The van der Waals surface area contributed by atoms with E-state index in [0.717, 1.165) is 17.7 Å². The maximum Gasteiger partial charge on any atom is 0.335 e. The summed E-state index contributed by atoms with van der Waals surface area (Å²) < 4.78 is 6.88. The van der Waals surface area contributed by atoms with Crippen molar-refractivity contribution in [2.24, 2.45) is 0 Å². The number of fused-ring (bicyclic) bond motifs is 1. The summed E-state index contributed by atoms with van der Waals surface area (Å²) in [7, 11) is 0. The van der Waals surface area contributed by atoms with Crippen LogP contribution >= 0.6 is 23.0 Å². The lowest BCUT2D eigenvalue weighted by atomic mass is 10.1. The molecule has 22 heavy (non-hydrogen) atoms. The molecular weight excluding hydrogens is 397 g/mol. The molecule has 0 saturated heterocycles. The van der Waals surface area contributed by atoms with E-state index in [1.165, 1.54) is 11.6 Å². The van der Waals surface area contributed by atoms with Crippen molar-refractivity contribution in [3.63, 3.8) is 0 Å². The van der Waals surface area contributed by atoms with Crippen LogP contribution in [0, 0.1) is 0 Å². The number of carbonyl (C=O) groups is 1. The van der Waals surface area contributed by atoms with Gasteiger partial charge < -0.3 is 8.17 Å². The molecule has 0 saturated carbocycles. The van der Waals surface area contributed by atoms with Crippen molar-refractivity contribution >= 4 is 40.0 Å². The Hall–Kier alpha value is -2.16. The molecule has 112 valence electrons. The van der Waals surface area contributed by atoms with Crippen LogP contribution in [0.5, 0.6) is 5.75 Å². The number of aromatic carboxylic acids is 1. The first-order chi connectivity index (χ1) is 10.7. The lowest BCUT2D eigenvalue weighted by Crippen LogP contribution is -2.03. The quantitative estimate of drug-likeness (QED) is 0.656. The van der Waals surface area contributed by atoms with Crippen molar-refractivity contribution in [2.75, 3.05) is 0 Å². The molecule has 0 bridgehead atoms. The second-order valence-electron chi connectivity index (χ2n) is 4.79. The summed E-state index contributed by atoms with van der Waals surface area (Å²) in [6, 6.07) is 12.7. The molecule has 6 nitrogen and oxygen atoms in total. The Labute approximate surface area is 140 Å². The molecular formula is C15H12IN3O3. The number of hydrogen-bond donors (Lipinski definition) is 1. The van der Waals surface area contributed by atoms with Gasteiger partial charge in [0.15, 0.2) is 23.0 Å². The van der Waals surface area contributed by atoms with E-state index in [-0.39, 0.29) is 5.56 Å². The molecule has 3 rings (SSSR count). The normalized spacial score (nSPS) is 10.8. The standard InChI is InChI=1S/C15H12IN3O3/c16-22-12-4-1-10(2-5-12)7-8-19-14-6-3-11(15(20)21)9-13(14)17-18-19/h1-6,9H,7-8H2,(H,20,21). The van der Waals surface area contributed by atoms with Crippen LogP contribution in [0.15, 0.2) is 42.5 Å². The number of nitrogens with zero attached hydrogens (tertiary/aromatic N) is 3. The molecule has 0 unspecified atom stereocenters. The van der Waals surface area contributed by atoms with Gasteiger partial charge in [0.2, 0.25) is 0 Å². The van der Waals surface area contributed by atoms with Gasteiger partial charge in [0.1, 0.15) is 11.3 Å². The summed E-state index contributed by atoms with van der Waals surface area (Å²) >= 11 is 1.85. The van der Waals surface area contributed by atoms with Gasteiger partial charge in [0, 0.05) is 6.54 Å². The Morgan fingerprint density at radius 2 is 2.00 bits per heavy atom. The van der Waals surface area contributed by atoms with Gasteiger partial charge in [-0.05, 0) is 42.3 Å². The van der Waals surface area contributed by atoms with Crippen molar-refractivity contribution in [1.82, 2.24) is 15.0 Å². The summed E-state index contributed by atoms with van der Waals surface area (Å²) in [5.41, 5.74) is 2.81. The third-order valence-electron chi connectivity index (χ3n) is 3.39. The topological polar surface area (TPSA) is 77.2 Å². The van der Waals surface area contributed by atoms with E-state index < -0.39 is 5.97 Å². The number of aryl methyl sites for hydroxylation is 2. The van der Waals surface area contributed by atoms with E-state index in [1.54, 1.807) is 16.8 Å². The van der Waals surface area contributed by atoms with Gasteiger partial charge >= 0.3 is 5.97 Å². The van der Waals surface area contributed by atoms with Crippen molar-refractivity contribution < 1.29 is 13.0 Å². The second-order valence-corrected chi connectivity index (χ2v) is 5.23. The van der Waals surface area contributed by atoms with Gasteiger partial charge in [-0.25, -0.2) is 9.48 Å². The van der Waals surface area contributed by atoms with Gasteiger partial charge in [-0.3, -0.25) is 0 Å². The second kappa shape index (κ2) is 6.30. The van der Waals surface area contributed by atoms with E-state index in [4.69, 9.17) is 8.17 Å². The van der Waals surface area contributed by atoms with Crippen LogP contribution in [0.3, 0.4) is 0 Å². The van der Waals surface area contributed by atoms with Crippen molar-refractivity contribution in [1.29, 1.82) is 0 Å². The monoisotopic (exact) mass is 409 g/mol. The van der Waals surface area contributed by atoms with Gasteiger partial charge in [0.25, 0.3) is 0 Å². The van der Waals surface area contributed by atoms with Crippen LogP contribution in [-0.4, -0.2) is 26.1 Å². The zero-order valence-corrected chi connectivity index (χ0v) is 13.6. The number of hydrogen-bond acceptors (Lipinski definition) is 4. The molecule has 0 atom stereocenters. The summed E-state index contributed by atoms with van der Waals surface area (Å²) in [6.07, 6.45) is 0.806. The number of carboxylic acids is 1. The van der Waals surface area contributed by atoms with Gasteiger partial charge in [-0.1, -0.05) is 17.3 Å². The van der Waals surface area contributed by atoms with Crippen LogP contribution in [0.2, 0.25) is 0 Å². The first-order valence-corrected chi connectivity index (χ1v) is 7.49. The molecule has 0 aliphatic heterocycles. The highest BCUT2D eigenvalue weighted by molar-refractivity contribution is 14.1. The lowest BCUT2D eigenvalue weighted by Gasteiger charge is -2.04. The van der Waals surface area contributed by atoms with Crippen LogP contribution in [-0.2, 0) is 13.0 Å². The fourth-order valence-electron chi connectivity index (χ4n) is 2.21. The number of carboxylic acid groups (broad SMARTS) is 1. The van der Waals surface area contributed by atoms with Crippen LogP contribution in [0.25, 0.3) is 11.0 Å². The number of rotatable bonds is 5. The average Bonchev–Trinajstić information content (AvgIpc) is 2.95. The summed E-state index contributed by atoms with van der Waals surface area (Å²) in [6.45, 7) is 0.674. The highest BCUT2D eigenvalue weighted by Gasteiger charge is 2.09. The Morgan fingerprint density at radius 1 is 1.23 bits per heavy atom. The third kappa shape index (κ3) is 3.03. The third-order valence-corrected chi connectivity index (χ3v) is 3.89. The Morgan fingerprint density at radius 3 is 2.68 bits per heavy atom. The first-order valence-electron chi connectivity index (χ1n) is 6.61. The predicted molar refractivity (Wildman–Crippen MR) is 89.3 cm³/mol. The minimum Gasteiger partial charge on any atom is -0.478 e. The van der Waals surface area contributed by atoms with Crippen LogP contribution in [0.1, 0.15) is 15.9 Å². The molecule has 0 radical (unpaired) electrons. The fourth-order valence-corrected chi connectivity index (χ4v) is 2.51. The molecule has 0 aliphatic carbocycles. The number of aromatic nitrogens is 3. The zero-order valence-electron chi connectivity index (χ0n) is 11.4. The number of benzene rings is 2. The molecule has 0 fully saturated rings. The molecule has 7 heteroatoms. The maximum atomic E-state index is 10.9. The van der Waals surface area contributed by atoms with E-state index in [9.17, 15) is 4.79 Å². The maximum absolute atomic E-state index is 10.9. The van der Waals surface area contributed by atoms with Crippen LogP contribution in [0.4, 0.5) is 0 Å². The molecule has 0 amide bonds. The van der Waals surface area contributed by atoms with E-state index >= 15 is 0 Å². The lowest BCUT2D eigenvalue weighted by molar-refractivity contribution is 0.0697. The van der Waals surface area contributed by atoms with Crippen molar-refractivity contribution in [3.8, 4) is 5.75 Å². The van der Waals surface area contributed by atoms with E-state index in [2.05, 4.69) is 10.3 Å². The summed E-state index contributed by atoms with van der Waals surface area (Å²) in [5, 5.41) is 17.1. The van der Waals surface area contributed by atoms with Crippen molar-refractivity contribution in [2.45, 2.75) is 13.0 Å². The van der Waals surface area contributed by atoms with Gasteiger partial charge in [-0.2, -0.15) is 0 Å². The average molecular weight is 409 g/mol. The molecule has 2 aromatic carbocycles. The molecule has 0 aliphatic rings. The molecule has 0 spiro atoms. The van der Waals surface area contributed by atoms with Gasteiger partial charge in [-0.15, -0.1) is 5.10 Å².